The van der Waals surface area contributed by atoms with Gasteiger partial charge in [-0.05, 0) is 30.7 Å². The summed E-state index contributed by atoms with van der Waals surface area (Å²) in [5.74, 6) is -1.73. The molecule has 3 amide bonds. The fourth-order valence-corrected chi connectivity index (χ4v) is 2.88. The molecule has 0 unspecified atom stereocenters. The molecular weight excluding hydrogens is 330 g/mol. The number of rotatable bonds is 4. The zero-order valence-corrected chi connectivity index (χ0v) is 13.4. The third kappa shape index (κ3) is 2.98. The minimum Gasteiger partial charge on any atom is -0.387 e. The summed E-state index contributed by atoms with van der Waals surface area (Å²) in [4.78, 5) is 25.8. The molecule has 0 aliphatic carbocycles. The van der Waals surface area contributed by atoms with Crippen LogP contribution < -0.4 is 5.32 Å². The van der Waals surface area contributed by atoms with Crippen molar-refractivity contribution in [3.63, 3.8) is 0 Å². The minimum absolute atomic E-state index is 0.0483. The van der Waals surface area contributed by atoms with Crippen LogP contribution in [0.15, 0.2) is 48.5 Å². The Morgan fingerprint density at radius 1 is 1.12 bits per heavy atom. The van der Waals surface area contributed by atoms with Crippen LogP contribution in [-0.4, -0.2) is 28.5 Å². The number of nitrogens with zero attached hydrogens (tertiary/aromatic N) is 1. The van der Waals surface area contributed by atoms with Crippen molar-refractivity contribution >= 4 is 11.9 Å². The van der Waals surface area contributed by atoms with Gasteiger partial charge >= 0.3 is 6.03 Å². The van der Waals surface area contributed by atoms with Crippen molar-refractivity contribution in [2.75, 3.05) is 6.54 Å². The number of benzene rings is 2. The molecule has 0 radical (unpaired) electrons. The number of urea groups is 1. The first kappa shape index (κ1) is 17.0. The molecule has 130 valence electrons. The molecule has 1 heterocycles. The Hall–Kier alpha value is -2.80. The quantitative estimate of drug-likeness (QED) is 0.836. The molecule has 5 nitrogen and oxygen atoms in total. The second-order valence-corrected chi connectivity index (χ2v) is 6.02. The molecule has 2 aromatic carbocycles. The van der Waals surface area contributed by atoms with Crippen molar-refractivity contribution in [1.82, 2.24) is 10.2 Å². The molecule has 2 atom stereocenters. The largest absolute Gasteiger partial charge is 0.387 e. The maximum atomic E-state index is 14.1. The average Bonchev–Trinajstić information content (AvgIpc) is 2.80. The number of aliphatic hydroxyl groups is 1. The van der Waals surface area contributed by atoms with Crippen LogP contribution in [-0.2, 0) is 10.3 Å². The topological polar surface area (TPSA) is 69.6 Å². The highest BCUT2D eigenvalue weighted by molar-refractivity contribution is 6.07. The highest BCUT2D eigenvalue weighted by Gasteiger charge is 2.50. The summed E-state index contributed by atoms with van der Waals surface area (Å²) in [6, 6.07) is 10.0. The molecule has 1 aliphatic rings. The first-order valence-corrected chi connectivity index (χ1v) is 7.65. The summed E-state index contributed by atoms with van der Waals surface area (Å²) >= 11 is 0. The number of amides is 3. The molecule has 0 aromatic heterocycles. The number of carbonyl (C=O) groups is 2. The van der Waals surface area contributed by atoms with Gasteiger partial charge in [0.25, 0.3) is 5.91 Å². The van der Waals surface area contributed by atoms with Crippen molar-refractivity contribution < 1.29 is 23.5 Å². The lowest BCUT2D eigenvalue weighted by atomic mass is 9.91. The first-order chi connectivity index (χ1) is 11.8. The lowest BCUT2D eigenvalue weighted by Crippen LogP contribution is -2.42. The van der Waals surface area contributed by atoms with Crippen LogP contribution in [0.3, 0.4) is 0 Å². The summed E-state index contributed by atoms with van der Waals surface area (Å²) in [5.41, 5.74) is -1.14. The molecular formula is C18H16F2N2O3. The molecule has 0 spiro atoms. The number of halogens is 2. The van der Waals surface area contributed by atoms with E-state index >= 15 is 0 Å². The second-order valence-electron chi connectivity index (χ2n) is 6.02. The molecule has 0 bridgehead atoms. The van der Waals surface area contributed by atoms with Gasteiger partial charge in [-0.15, -0.1) is 0 Å². The van der Waals surface area contributed by atoms with Crippen LogP contribution in [0.25, 0.3) is 0 Å². The van der Waals surface area contributed by atoms with Gasteiger partial charge in [-0.2, -0.15) is 0 Å². The van der Waals surface area contributed by atoms with E-state index in [-0.39, 0.29) is 12.1 Å². The van der Waals surface area contributed by atoms with Crippen LogP contribution >= 0.6 is 0 Å². The number of carbonyl (C=O) groups excluding carboxylic acids is 2. The molecule has 25 heavy (non-hydrogen) atoms. The fraction of sp³-hybridized carbons (Fsp3) is 0.222. The van der Waals surface area contributed by atoms with E-state index < -0.39 is 35.2 Å². The van der Waals surface area contributed by atoms with Crippen molar-refractivity contribution in [3.8, 4) is 0 Å². The molecule has 1 fully saturated rings. The summed E-state index contributed by atoms with van der Waals surface area (Å²) < 4.78 is 27.0. The predicted molar refractivity (Wildman–Crippen MR) is 85.4 cm³/mol. The van der Waals surface area contributed by atoms with E-state index in [9.17, 15) is 23.5 Å². The zero-order chi connectivity index (χ0) is 18.2. The fourth-order valence-electron chi connectivity index (χ4n) is 2.88. The van der Waals surface area contributed by atoms with E-state index in [4.69, 9.17) is 0 Å². The van der Waals surface area contributed by atoms with Gasteiger partial charge in [-0.1, -0.05) is 30.3 Å². The minimum atomic E-state index is -1.55. The number of hydrogen-bond donors (Lipinski definition) is 2. The van der Waals surface area contributed by atoms with Crippen molar-refractivity contribution in [3.05, 3.63) is 71.3 Å². The van der Waals surface area contributed by atoms with Crippen molar-refractivity contribution in [1.29, 1.82) is 0 Å². The Morgan fingerprint density at radius 2 is 1.76 bits per heavy atom. The average molecular weight is 346 g/mol. The van der Waals surface area contributed by atoms with Crippen molar-refractivity contribution in [2.24, 2.45) is 0 Å². The second kappa shape index (κ2) is 6.25. The van der Waals surface area contributed by atoms with E-state index in [0.717, 1.165) is 4.90 Å². The zero-order valence-electron chi connectivity index (χ0n) is 13.4. The standard InChI is InChI=1S/C18H16F2N2O3/c1-18(13-4-2-3-5-14(13)20)16(24)22(17(25)21-18)10-15(23)11-6-8-12(19)9-7-11/h2-9,15,23H,10H2,1H3,(H,21,25)/t15-,18+/m0/s1. The molecule has 1 saturated heterocycles. The summed E-state index contributed by atoms with van der Waals surface area (Å²) in [5, 5.41) is 12.7. The first-order valence-electron chi connectivity index (χ1n) is 7.65. The van der Waals surface area contributed by atoms with E-state index in [0.29, 0.717) is 5.56 Å². The Morgan fingerprint density at radius 3 is 2.40 bits per heavy atom. The van der Waals surface area contributed by atoms with Crippen LogP contribution in [0.4, 0.5) is 13.6 Å². The van der Waals surface area contributed by atoms with Crippen LogP contribution in [0.2, 0.25) is 0 Å². The molecule has 3 rings (SSSR count). The van der Waals surface area contributed by atoms with E-state index in [2.05, 4.69) is 5.32 Å². The highest BCUT2D eigenvalue weighted by Crippen LogP contribution is 2.31. The van der Waals surface area contributed by atoms with Gasteiger partial charge in [0.05, 0.1) is 12.6 Å². The lowest BCUT2D eigenvalue weighted by molar-refractivity contribution is -0.132. The van der Waals surface area contributed by atoms with Gasteiger partial charge in [0, 0.05) is 5.56 Å². The van der Waals surface area contributed by atoms with Gasteiger partial charge < -0.3 is 10.4 Å². The Balaban J connectivity index is 1.84. The smallest absolute Gasteiger partial charge is 0.325 e. The summed E-state index contributed by atoms with van der Waals surface area (Å²) in [7, 11) is 0. The Kier molecular flexibility index (Phi) is 4.26. The molecule has 0 saturated carbocycles. The normalized spacial score (nSPS) is 21.4. The van der Waals surface area contributed by atoms with Gasteiger partial charge in [0.15, 0.2) is 0 Å². The maximum Gasteiger partial charge on any atom is 0.325 e. The third-order valence-electron chi connectivity index (χ3n) is 4.30. The van der Waals surface area contributed by atoms with Gasteiger partial charge in [0.1, 0.15) is 17.2 Å². The number of nitrogens with one attached hydrogen (secondary N) is 1. The van der Waals surface area contributed by atoms with E-state index in [1.54, 1.807) is 6.07 Å². The molecule has 2 aromatic rings. The Bertz CT molecular complexity index is 825. The SMILES string of the molecule is C[C@]1(c2ccccc2F)NC(=O)N(C[C@H](O)c2ccc(F)cc2)C1=O. The maximum absolute atomic E-state index is 14.1. The lowest BCUT2D eigenvalue weighted by Gasteiger charge is -2.23. The number of β-amino-alcohol motifs (C(OH)–C–C–N with tert-alkyl or cyclic N) is 1. The Labute approximate surface area is 142 Å². The van der Waals surface area contributed by atoms with E-state index in [1.807, 2.05) is 0 Å². The van der Waals surface area contributed by atoms with Crippen LogP contribution in [0, 0.1) is 11.6 Å². The molecule has 1 aliphatic heterocycles. The molecule has 2 N–H and O–H groups in total. The van der Waals surface area contributed by atoms with Crippen molar-refractivity contribution in [2.45, 2.75) is 18.6 Å². The molecule has 7 heteroatoms. The number of aliphatic hydroxyl groups excluding tert-OH is 1. The number of hydrogen-bond acceptors (Lipinski definition) is 3. The predicted octanol–water partition coefficient (Wildman–Crippen LogP) is 2.47. The van der Waals surface area contributed by atoms with Crippen LogP contribution in [0.1, 0.15) is 24.2 Å². The number of imide groups is 1. The third-order valence-corrected chi connectivity index (χ3v) is 4.30. The van der Waals surface area contributed by atoms with Gasteiger partial charge in [-0.3, -0.25) is 9.69 Å². The van der Waals surface area contributed by atoms with Gasteiger partial charge in [-0.25, -0.2) is 13.6 Å². The summed E-state index contributed by atoms with van der Waals surface area (Å²) in [6.45, 7) is 1.09. The van der Waals surface area contributed by atoms with Crippen LogP contribution in [0.5, 0.6) is 0 Å². The monoisotopic (exact) mass is 346 g/mol. The highest BCUT2D eigenvalue weighted by atomic mass is 19.1. The van der Waals surface area contributed by atoms with E-state index in [1.165, 1.54) is 49.4 Å². The van der Waals surface area contributed by atoms with Gasteiger partial charge in [0.2, 0.25) is 0 Å². The summed E-state index contributed by atoms with van der Waals surface area (Å²) in [6.07, 6.45) is -1.18.